The zero-order valence-electron chi connectivity index (χ0n) is 5.45. The van der Waals surface area contributed by atoms with Gasteiger partial charge in [-0.3, -0.25) is 0 Å². The molecule has 0 radical (unpaired) electrons. The molecule has 0 aromatic rings. The summed E-state index contributed by atoms with van der Waals surface area (Å²) in [5.41, 5.74) is 0. The fraction of sp³-hybridized carbons (Fsp3) is 0.500. The average Bonchev–Trinajstić information content (AvgIpc) is 1.62. The van der Waals surface area contributed by atoms with E-state index >= 15 is 0 Å². The van der Waals surface area contributed by atoms with Crippen LogP contribution in [0.3, 0.4) is 0 Å². The molecular formula is C8H12Ni+2. The van der Waals surface area contributed by atoms with Crippen molar-refractivity contribution in [3.05, 3.63) is 24.3 Å². The van der Waals surface area contributed by atoms with Crippen molar-refractivity contribution in [3.8, 4) is 0 Å². The normalized spacial score (nSPS) is 24.9. The predicted molar refractivity (Wildman–Crippen MR) is 36.7 cm³/mol. The van der Waals surface area contributed by atoms with Crippen molar-refractivity contribution in [1.29, 1.82) is 0 Å². The summed E-state index contributed by atoms with van der Waals surface area (Å²) in [6.45, 7) is 0. The molecule has 0 unspecified atom stereocenters. The van der Waals surface area contributed by atoms with Crippen molar-refractivity contribution < 1.29 is 16.5 Å². The van der Waals surface area contributed by atoms with E-state index in [0.29, 0.717) is 0 Å². The standard InChI is InChI=1S/C8H12.Ni/c1-2-4-6-8-7-5-3-1;/h1-2,7-8H,3-6H2;/q;+2/b2-1-,8-7-;. The third-order valence-electron chi connectivity index (χ3n) is 1.33. The minimum Gasteiger partial charge on any atom is -0.0882 e. The van der Waals surface area contributed by atoms with E-state index in [1.807, 2.05) is 0 Å². The quantitative estimate of drug-likeness (QED) is 0.384. The first-order valence-electron chi connectivity index (χ1n) is 3.30. The van der Waals surface area contributed by atoms with Gasteiger partial charge >= 0.3 is 16.5 Å². The van der Waals surface area contributed by atoms with Gasteiger partial charge in [-0.1, -0.05) is 24.3 Å². The molecule has 0 aliphatic heterocycles. The van der Waals surface area contributed by atoms with E-state index in [2.05, 4.69) is 24.3 Å². The van der Waals surface area contributed by atoms with E-state index in [1.165, 1.54) is 25.7 Å². The molecular weight excluding hydrogens is 155 g/mol. The molecule has 1 aliphatic rings. The smallest absolute Gasteiger partial charge is 0.0882 e. The maximum atomic E-state index is 2.27. The Bertz CT molecular complexity index is 77.1. The van der Waals surface area contributed by atoms with Gasteiger partial charge in [-0.25, -0.2) is 0 Å². The molecule has 1 heteroatoms. The topological polar surface area (TPSA) is 0 Å². The van der Waals surface area contributed by atoms with Crippen LogP contribution in [0.1, 0.15) is 25.7 Å². The Balaban J connectivity index is 0.000000640. The SMILES string of the molecule is C1=C\CC/C=C\CC/1.[Ni+2]. The first kappa shape index (κ1) is 8.97. The Morgan fingerprint density at radius 3 is 1.00 bits per heavy atom. The Morgan fingerprint density at radius 1 is 0.556 bits per heavy atom. The molecule has 0 aromatic carbocycles. The van der Waals surface area contributed by atoms with Gasteiger partial charge in [0.15, 0.2) is 0 Å². The van der Waals surface area contributed by atoms with Crippen LogP contribution in [0.25, 0.3) is 0 Å². The van der Waals surface area contributed by atoms with Gasteiger partial charge in [0.2, 0.25) is 0 Å². The fourth-order valence-electron chi connectivity index (χ4n) is 0.856. The van der Waals surface area contributed by atoms with Gasteiger partial charge in [-0.05, 0) is 25.7 Å². The molecule has 0 saturated heterocycles. The van der Waals surface area contributed by atoms with Crippen LogP contribution in [-0.4, -0.2) is 0 Å². The van der Waals surface area contributed by atoms with Gasteiger partial charge in [0.05, 0.1) is 0 Å². The van der Waals surface area contributed by atoms with Crippen LogP contribution < -0.4 is 0 Å². The molecule has 9 heavy (non-hydrogen) atoms. The molecule has 0 amide bonds. The summed E-state index contributed by atoms with van der Waals surface area (Å²) in [6.07, 6.45) is 14.0. The molecule has 0 bridgehead atoms. The number of rotatable bonds is 0. The van der Waals surface area contributed by atoms with Crippen molar-refractivity contribution in [2.45, 2.75) is 25.7 Å². The van der Waals surface area contributed by atoms with Crippen LogP contribution in [0.2, 0.25) is 0 Å². The molecule has 0 spiro atoms. The third kappa shape index (κ3) is 4.48. The van der Waals surface area contributed by atoms with Crippen LogP contribution in [0.5, 0.6) is 0 Å². The summed E-state index contributed by atoms with van der Waals surface area (Å²) < 4.78 is 0. The van der Waals surface area contributed by atoms with Crippen LogP contribution in [-0.2, 0) is 16.5 Å². The van der Waals surface area contributed by atoms with Crippen molar-refractivity contribution >= 4 is 0 Å². The summed E-state index contributed by atoms with van der Waals surface area (Å²) >= 11 is 0. The average molecular weight is 167 g/mol. The Morgan fingerprint density at radius 2 is 0.778 bits per heavy atom. The predicted octanol–water partition coefficient (Wildman–Crippen LogP) is 2.67. The van der Waals surface area contributed by atoms with Gasteiger partial charge in [-0.15, -0.1) is 0 Å². The summed E-state index contributed by atoms with van der Waals surface area (Å²) in [5.74, 6) is 0. The summed E-state index contributed by atoms with van der Waals surface area (Å²) in [5, 5.41) is 0. The maximum absolute atomic E-state index is 2.27. The van der Waals surface area contributed by atoms with Crippen molar-refractivity contribution in [3.63, 3.8) is 0 Å². The van der Waals surface area contributed by atoms with E-state index in [4.69, 9.17) is 0 Å². The Kier molecular flexibility index (Phi) is 6.08. The molecule has 0 N–H and O–H groups in total. The molecule has 0 fully saturated rings. The number of allylic oxidation sites excluding steroid dienone is 4. The van der Waals surface area contributed by atoms with Gasteiger partial charge in [-0.2, -0.15) is 0 Å². The second kappa shape index (κ2) is 6.10. The van der Waals surface area contributed by atoms with Crippen LogP contribution in [0.4, 0.5) is 0 Å². The molecule has 0 heterocycles. The summed E-state index contributed by atoms with van der Waals surface area (Å²) in [4.78, 5) is 0. The molecule has 0 saturated carbocycles. The van der Waals surface area contributed by atoms with E-state index < -0.39 is 0 Å². The first-order valence-corrected chi connectivity index (χ1v) is 3.30. The van der Waals surface area contributed by atoms with Gasteiger partial charge < -0.3 is 0 Å². The van der Waals surface area contributed by atoms with Gasteiger partial charge in [0, 0.05) is 0 Å². The zero-order valence-corrected chi connectivity index (χ0v) is 6.44. The second-order valence-electron chi connectivity index (χ2n) is 2.10. The van der Waals surface area contributed by atoms with Crippen LogP contribution in [0.15, 0.2) is 24.3 Å². The molecule has 0 aromatic heterocycles. The van der Waals surface area contributed by atoms with E-state index in [-0.39, 0.29) is 16.5 Å². The van der Waals surface area contributed by atoms with Crippen molar-refractivity contribution in [1.82, 2.24) is 0 Å². The van der Waals surface area contributed by atoms with E-state index in [1.54, 1.807) is 0 Å². The van der Waals surface area contributed by atoms with Gasteiger partial charge in [0.1, 0.15) is 0 Å². The molecule has 0 nitrogen and oxygen atoms in total. The molecule has 1 rings (SSSR count). The van der Waals surface area contributed by atoms with Crippen LogP contribution in [0, 0.1) is 0 Å². The third-order valence-corrected chi connectivity index (χ3v) is 1.33. The molecule has 0 atom stereocenters. The summed E-state index contributed by atoms with van der Waals surface area (Å²) in [6, 6.07) is 0. The first-order chi connectivity index (χ1) is 4.00. The van der Waals surface area contributed by atoms with Crippen molar-refractivity contribution in [2.75, 3.05) is 0 Å². The molecule has 1 aliphatic carbocycles. The Hall–Kier alpha value is -0.0265. The van der Waals surface area contributed by atoms with Crippen molar-refractivity contribution in [2.24, 2.45) is 0 Å². The van der Waals surface area contributed by atoms with E-state index in [9.17, 15) is 0 Å². The Labute approximate surface area is 67.0 Å². The fourth-order valence-corrected chi connectivity index (χ4v) is 0.856. The number of hydrogen-bond donors (Lipinski definition) is 0. The molecule has 52 valence electrons. The van der Waals surface area contributed by atoms with Gasteiger partial charge in [0.25, 0.3) is 0 Å². The summed E-state index contributed by atoms with van der Waals surface area (Å²) in [7, 11) is 0. The largest absolute Gasteiger partial charge is 2.00 e. The second-order valence-corrected chi connectivity index (χ2v) is 2.10. The monoisotopic (exact) mass is 166 g/mol. The van der Waals surface area contributed by atoms with Crippen LogP contribution >= 0.6 is 0 Å². The maximum Gasteiger partial charge on any atom is 2.00 e. The minimum absolute atomic E-state index is 0. The minimum atomic E-state index is 0. The zero-order chi connectivity index (χ0) is 5.66. The number of hydrogen-bond acceptors (Lipinski definition) is 0. The van der Waals surface area contributed by atoms with E-state index in [0.717, 1.165) is 0 Å².